The number of fused-ring (bicyclic) bond motifs is 2. The van der Waals surface area contributed by atoms with Crippen molar-refractivity contribution in [2.45, 2.75) is 81.4 Å². The van der Waals surface area contributed by atoms with Crippen LogP contribution >= 0.6 is 0 Å². The molecule has 1 unspecified atom stereocenters. The molecule has 5 aromatic rings. The van der Waals surface area contributed by atoms with Crippen molar-refractivity contribution in [1.82, 2.24) is 29.6 Å². The zero-order valence-corrected chi connectivity index (χ0v) is 47.4. The normalized spacial score (nSPS) is 14.4. The van der Waals surface area contributed by atoms with Crippen molar-refractivity contribution in [3.63, 3.8) is 0 Å². The van der Waals surface area contributed by atoms with Crippen LogP contribution in [0.1, 0.15) is 101 Å². The number of amides is 5. The Morgan fingerprint density at radius 1 is 0.704 bits per heavy atom. The number of imidazole rings is 1. The van der Waals surface area contributed by atoms with Gasteiger partial charge in [-0.2, -0.15) is 0 Å². The molecular formula is C58H72N6O16S. The van der Waals surface area contributed by atoms with Gasteiger partial charge in [0.15, 0.2) is 15.6 Å². The van der Waals surface area contributed by atoms with E-state index in [4.69, 9.17) is 33.2 Å². The second-order valence-electron chi connectivity index (χ2n) is 19.9. The first-order valence-corrected chi connectivity index (χ1v) is 28.9. The first-order chi connectivity index (χ1) is 38.9. The quantitative estimate of drug-likeness (QED) is 0.0378. The second-order valence-corrected chi connectivity index (χ2v) is 21.9. The van der Waals surface area contributed by atoms with Crippen molar-refractivity contribution in [3.8, 4) is 28.7 Å². The van der Waals surface area contributed by atoms with Gasteiger partial charge in [0, 0.05) is 82.1 Å². The van der Waals surface area contributed by atoms with Crippen LogP contribution in [0.2, 0.25) is 0 Å². The molecule has 0 bridgehead atoms. The molecule has 3 heterocycles. The average molecular weight is 1140 g/mol. The van der Waals surface area contributed by atoms with E-state index in [2.05, 4.69) is 15.5 Å². The molecule has 81 heavy (non-hydrogen) atoms. The van der Waals surface area contributed by atoms with E-state index in [-0.39, 0.29) is 77.0 Å². The molecule has 0 radical (unpaired) electrons. The maximum absolute atomic E-state index is 14.2. The van der Waals surface area contributed by atoms with E-state index in [1.165, 1.54) is 51.6 Å². The predicted octanol–water partition coefficient (Wildman–Crippen LogP) is 5.54. The minimum absolute atomic E-state index is 0.000314. The number of unbranched alkanes of at least 4 members (excludes halogenated alkanes) is 2. The standard InChI is InChI=1S/C58H72N6O16S/c1-6-23-77-42-33-43(78-26-10-8-22-61(2)3)35-44(34-42)80-51-36-49-48(62(4)58(71)63(49)5)32-40(51)38-81(72,73)45-16-11-14-39(31-45)54(67)59-21-13-25-75-28-30-76-29-27-74-24-9-7-15-41(65)37-79-50-18-12-17-46-53(50)57(70)64(56(46)69)47-19-20-52(66)60-55(47)68/h11-12,14,16-18,31-36,47H,6-10,13,15,19-30,37-38H2,1-5H3,(H,59,67)(H,60,66,68). The third kappa shape index (κ3) is 16.6. The Bertz CT molecular complexity index is 3240. The number of ketones is 1. The van der Waals surface area contributed by atoms with Crippen LogP contribution in [0.3, 0.4) is 0 Å². The number of hydrogen-bond acceptors (Lipinski definition) is 17. The summed E-state index contributed by atoms with van der Waals surface area (Å²) in [4.78, 5) is 92.0. The highest BCUT2D eigenvalue weighted by molar-refractivity contribution is 7.90. The molecule has 22 nitrogen and oxygen atoms in total. The molecule has 23 heteroatoms. The molecule has 4 aromatic carbocycles. The molecule has 1 fully saturated rings. The van der Waals surface area contributed by atoms with E-state index >= 15 is 0 Å². The van der Waals surface area contributed by atoms with Crippen molar-refractivity contribution < 1.29 is 70.3 Å². The highest BCUT2D eigenvalue weighted by atomic mass is 32.2. The third-order valence-electron chi connectivity index (χ3n) is 13.4. The van der Waals surface area contributed by atoms with E-state index in [0.29, 0.717) is 106 Å². The molecule has 0 spiro atoms. The van der Waals surface area contributed by atoms with E-state index < -0.39 is 51.2 Å². The van der Waals surface area contributed by atoms with Crippen LogP contribution in [0.15, 0.2) is 82.5 Å². The summed E-state index contributed by atoms with van der Waals surface area (Å²) >= 11 is 0. The number of imide groups is 2. The molecular weight excluding hydrogens is 1070 g/mol. The topological polar surface area (TPSA) is 259 Å². The summed E-state index contributed by atoms with van der Waals surface area (Å²) < 4.78 is 72.3. The number of carbonyl (C=O) groups excluding carboxylic acids is 6. The fourth-order valence-electron chi connectivity index (χ4n) is 9.12. The van der Waals surface area contributed by atoms with E-state index in [1.54, 1.807) is 44.4 Å². The summed E-state index contributed by atoms with van der Waals surface area (Å²) in [5, 5.41) is 4.98. The lowest BCUT2D eigenvalue weighted by Gasteiger charge is -2.27. The number of rotatable bonds is 34. The largest absolute Gasteiger partial charge is 0.493 e. The first-order valence-electron chi connectivity index (χ1n) is 27.2. The summed E-state index contributed by atoms with van der Waals surface area (Å²) in [6, 6.07) is 17.7. The van der Waals surface area contributed by atoms with Gasteiger partial charge in [-0.15, -0.1) is 0 Å². The fraction of sp³-hybridized carbons (Fsp3) is 0.466. The Labute approximate surface area is 470 Å². The van der Waals surface area contributed by atoms with Crippen molar-refractivity contribution >= 4 is 56.2 Å². The van der Waals surface area contributed by atoms with Crippen molar-refractivity contribution in [1.29, 1.82) is 0 Å². The lowest BCUT2D eigenvalue weighted by molar-refractivity contribution is -0.136. The number of piperidine rings is 1. The number of ether oxygens (including phenoxy) is 7. The van der Waals surface area contributed by atoms with Crippen LogP contribution in [-0.2, 0) is 58.3 Å². The third-order valence-corrected chi connectivity index (χ3v) is 15.0. The molecule has 0 saturated carbocycles. The molecule has 1 saturated heterocycles. The smallest absolute Gasteiger partial charge is 0.328 e. The average Bonchev–Trinajstić information content (AvgIpc) is 3.88. The minimum atomic E-state index is -4.08. The second kappa shape index (κ2) is 29.3. The molecule has 1 atom stereocenters. The number of hydrogen-bond donors (Lipinski definition) is 2. The Morgan fingerprint density at radius 3 is 2.06 bits per heavy atom. The summed E-state index contributed by atoms with van der Waals surface area (Å²) in [6.45, 7) is 5.91. The minimum Gasteiger partial charge on any atom is -0.493 e. The molecule has 2 aliphatic heterocycles. The summed E-state index contributed by atoms with van der Waals surface area (Å²) in [5.74, 6) is -2.01. The number of Topliss-reactive ketones (excluding diaryl/α,β-unsaturated/α-hetero) is 1. The lowest BCUT2D eigenvalue weighted by Crippen LogP contribution is -2.54. The number of aromatic nitrogens is 2. The number of aryl methyl sites for hydroxylation is 2. The monoisotopic (exact) mass is 1140 g/mol. The van der Waals surface area contributed by atoms with Crippen LogP contribution in [-0.4, -0.2) is 155 Å². The maximum Gasteiger partial charge on any atom is 0.328 e. The Kier molecular flexibility index (Phi) is 22.2. The van der Waals surface area contributed by atoms with Gasteiger partial charge < -0.3 is 43.4 Å². The number of nitrogens with one attached hydrogen (secondary N) is 2. The van der Waals surface area contributed by atoms with Gasteiger partial charge in [-0.05, 0) is 102 Å². The zero-order chi connectivity index (χ0) is 58.1. The molecule has 0 aliphatic carbocycles. The van der Waals surface area contributed by atoms with E-state index in [9.17, 15) is 42.0 Å². The predicted molar refractivity (Wildman–Crippen MR) is 298 cm³/mol. The van der Waals surface area contributed by atoms with Gasteiger partial charge in [0.25, 0.3) is 17.7 Å². The number of sulfone groups is 1. The van der Waals surface area contributed by atoms with Gasteiger partial charge in [0.2, 0.25) is 11.8 Å². The Balaban J connectivity index is 0.790. The molecule has 1 aromatic heterocycles. The van der Waals surface area contributed by atoms with Gasteiger partial charge >= 0.3 is 5.69 Å². The molecule has 2 aliphatic rings. The summed E-state index contributed by atoms with van der Waals surface area (Å²) in [7, 11) is 3.21. The fourth-order valence-corrected chi connectivity index (χ4v) is 10.5. The van der Waals surface area contributed by atoms with Crippen molar-refractivity contribution in [2.24, 2.45) is 14.1 Å². The van der Waals surface area contributed by atoms with E-state index in [1.807, 2.05) is 21.0 Å². The van der Waals surface area contributed by atoms with Gasteiger partial charge in [0.05, 0.1) is 72.4 Å². The van der Waals surface area contributed by atoms with E-state index in [0.717, 1.165) is 30.7 Å². The highest BCUT2D eigenvalue weighted by Crippen LogP contribution is 2.37. The number of nitrogens with zero attached hydrogens (tertiary/aromatic N) is 4. The summed E-state index contributed by atoms with van der Waals surface area (Å²) in [5.41, 5.74) is 1.28. The lowest BCUT2D eigenvalue weighted by atomic mass is 10.0. The Morgan fingerprint density at radius 2 is 1.36 bits per heavy atom. The summed E-state index contributed by atoms with van der Waals surface area (Å²) in [6.07, 6.45) is 4.45. The highest BCUT2D eigenvalue weighted by Gasteiger charge is 2.46. The van der Waals surface area contributed by atoms with Gasteiger partial charge in [0.1, 0.15) is 41.4 Å². The number of benzene rings is 4. The van der Waals surface area contributed by atoms with Crippen LogP contribution in [0, 0.1) is 0 Å². The molecule has 2 N–H and O–H groups in total. The van der Waals surface area contributed by atoms with Crippen LogP contribution in [0.4, 0.5) is 0 Å². The van der Waals surface area contributed by atoms with Crippen LogP contribution in [0.25, 0.3) is 11.0 Å². The first kappa shape index (κ1) is 61.2. The molecule has 7 rings (SSSR count). The Hall–Kier alpha value is -7.44. The van der Waals surface area contributed by atoms with Crippen LogP contribution < -0.4 is 35.3 Å². The zero-order valence-electron chi connectivity index (χ0n) is 46.6. The van der Waals surface area contributed by atoms with Crippen LogP contribution in [0.5, 0.6) is 28.7 Å². The van der Waals surface area contributed by atoms with Crippen molar-refractivity contribution in [3.05, 3.63) is 106 Å². The van der Waals surface area contributed by atoms with Gasteiger partial charge in [-0.1, -0.05) is 19.1 Å². The molecule has 436 valence electrons. The SMILES string of the molecule is CCCOc1cc(OCCCCN(C)C)cc(Oc2cc3c(cc2CS(=O)(=O)c2cccc(C(=O)NCCCOCCOCCOCCCCC(=O)COc4cccc5c4C(=O)N(C4CCC(=O)NC4=O)C5=O)c2)n(C)c(=O)n3C)c1. The van der Waals surface area contributed by atoms with Gasteiger partial charge in [-0.25, -0.2) is 13.2 Å². The molecule has 5 amide bonds. The van der Waals surface area contributed by atoms with Gasteiger partial charge in [-0.3, -0.25) is 48.1 Å². The maximum atomic E-state index is 14.2. The van der Waals surface area contributed by atoms with Crippen molar-refractivity contribution in [2.75, 3.05) is 86.6 Å². The number of carbonyl (C=O) groups is 6.